The lowest BCUT2D eigenvalue weighted by Gasteiger charge is -2.40. The van der Waals surface area contributed by atoms with Gasteiger partial charge in [-0.15, -0.1) is 0 Å². The lowest BCUT2D eigenvalue weighted by Crippen LogP contribution is -2.50. The number of carboxylic acid groups (broad SMARTS) is 1. The van der Waals surface area contributed by atoms with E-state index in [9.17, 15) is 4.79 Å². The third-order valence-corrected chi connectivity index (χ3v) is 4.01. The molecule has 1 saturated carbocycles. The van der Waals surface area contributed by atoms with Crippen LogP contribution in [0.5, 0.6) is 0 Å². The zero-order chi connectivity index (χ0) is 12.3. The van der Waals surface area contributed by atoms with Crippen molar-refractivity contribution in [2.75, 3.05) is 20.3 Å². The van der Waals surface area contributed by atoms with Crippen LogP contribution in [0.25, 0.3) is 0 Å². The van der Waals surface area contributed by atoms with Gasteiger partial charge in [0.25, 0.3) is 0 Å². The van der Waals surface area contributed by atoms with Gasteiger partial charge in [-0.2, -0.15) is 0 Å². The molecule has 2 fully saturated rings. The van der Waals surface area contributed by atoms with Crippen LogP contribution in [0.2, 0.25) is 0 Å². The number of hydrogen-bond acceptors (Lipinski definition) is 3. The third kappa shape index (κ3) is 3.42. The number of methoxy groups -OCH3 is 1. The monoisotopic (exact) mass is 241 g/mol. The van der Waals surface area contributed by atoms with Crippen molar-refractivity contribution in [2.24, 2.45) is 5.92 Å². The van der Waals surface area contributed by atoms with Gasteiger partial charge in [0.15, 0.2) is 0 Å². The molecule has 2 rings (SSSR count). The minimum Gasteiger partial charge on any atom is -0.481 e. The van der Waals surface area contributed by atoms with Crippen molar-refractivity contribution in [1.82, 2.24) is 4.90 Å². The standard InChI is InChI=1S/C13H23NO3/c1-17-9-12(10-5-6-10)14-7-3-2-4-11(14)8-13(15)16/h10-12H,2-9H2,1H3,(H,15,16). The van der Waals surface area contributed by atoms with Crippen LogP contribution in [-0.2, 0) is 9.53 Å². The summed E-state index contributed by atoms with van der Waals surface area (Å²) < 4.78 is 5.32. The molecule has 0 aromatic heterocycles. The van der Waals surface area contributed by atoms with Gasteiger partial charge in [-0.1, -0.05) is 6.42 Å². The Kier molecular flexibility index (Phi) is 4.40. The highest BCUT2D eigenvalue weighted by atomic mass is 16.5. The molecular formula is C13H23NO3. The van der Waals surface area contributed by atoms with E-state index >= 15 is 0 Å². The highest BCUT2D eigenvalue weighted by Crippen LogP contribution is 2.38. The van der Waals surface area contributed by atoms with E-state index in [1.54, 1.807) is 7.11 Å². The van der Waals surface area contributed by atoms with Crippen LogP contribution in [0.1, 0.15) is 38.5 Å². The largest absolute Gasteiger partial charge is 0.481 e. The van der Waals surface area contributed by atoms with Gasteiger partial charge in [-0.05, 0) is 38.1 Å². The molecule has 2 unspecified atom stereocenters. The summed E-state index contributed by atoms with van der Waals surface area (Å²) in [5.74, 6) is 0.0678. The molecule has 1 aliphatic heterocycles. The molecular weight excluding hydrogens is 218 g/mol. The van der Waals surface area contributed by atoms with Crippen LogP contribution in [-0.4, -0.2) is 48.3 Å². The normalized spacial score (nSPS) is 27.9. The van der Waals surface area contributed by atoms with E-state index in [1.807, 2.05) is 0 Å². The molecule has 17 heavy (non-hydrogen) atoms. The lowest BCUT2D eigenvalue weighted by molar-refractivity contribution is -0.139. The van der Waals surface area contributed by atoms with Crippen molar-refractivity contribution in [3.63, 3.8) is 0 Å². The van der Waals surface area contributed by atoms with Crippen LogP contribution in [0.3, 0.4) is 0 Å². The summed E-state index contributed by atoms with van der Waals surface area (Å²) in [6.07, 6.45) is 6.24. The van der Waals surface area contributed by atoms with E-state index in [4.69, 9.17) is 9.84 Å². The Balaban J connectivity index is 1.99. The molecule has 1 N–H and O–H groups in total. The molecule has 1 saturated heterocycles. The molecule has 0 amide bonds. The van der Waals surface area contributed by atoms with Gasteiger partial charge in [0.1, 0.15) is 0 Å². The Morgan fingerprint density at radius 2 is 2.18 bits per heavy atom. The Morgan fingerprint density at radius 3 is 2.76 bits per heavy atom. The Morgan fingerprint density at radius 1 is 1.41 bits per heavy atom. The van der Waals surface area contributed by atoms with E-state index in [2.05, 4.69) is 4.90 Å². The first-order valence-electron chi connectivity index (χ1n) is 6.69. The van der Waals surface area contributed by atoms with Crippen LogP contribution in [0.15, 0.2) is 0 Å². The molecule has 0 radical (unpaired) electrons. The summed E-state index contributed by atoms with van der Waals surface area (Å²) in [6.45, 7) is 1.79. The average Bonchev–Trinajstić information content (AvgIpc) is 3.10. The van der Waals surface area contributed by atoms with Gasteiger partial charge in [-0.25, -0.2) is 0 Å². The van der Waals surface area contributed by atoms with Gasteiger partial charge in [0.2, 0.25) is 0 Å². The zero-order valence-corrected chi connectivity index (χ0v) is 10.6. The fourth-order valence-corrected chi connectivity index (χ4v) is 3.03. The molecule has 0 aromatic carbocycles. The van der Waals surface area contributed by atoms with Crippen molar-refractivity contribution < 1.29 is 14.6 Å². The van der Waals surface area contributed by atoms with E-state index in [0.717, 1.165) is 25.5 Å². The molecule has 2 atom stereocenters. The Bertz CT molecular complexity index is 265. The Hall–Kier alpha value is -0.610. The third-order valence-electron chi connectivity index (χ3n) is 4.01. The quantitative estimate of drug-likeness (QED) is 0.769. The number of hydrogen-bond donors (Lipinski definition) is 1. The van der Waals surface area contributed by atoms with Crippen molar-refractivity contribution in [3.05, 3.63) is 0 Å². The fourth-order valence-electron chi connectivity index (χ4n) is 3.03. The number of aliphatic carboxylic acids is 1. The predicted octanol–water partition coefficient (Wildman–Crippen LogP) is 1.74. The maximum absolute atomic E-state index is 10.9. The first-order chi connectivity index (χ1) is 8.22. The second kappa shape index (κ2) is 5.83. The summed E-state index contributed by atoms with van der Waals surface area (Å²) in [5, 5.41) is 8.99. The van der Waals surface area contributed by atoms with E-state index in [-0.39, 0.29) is 12.5 Å². The maximum Gasteiger partial charge on any atom is 0.304 e. The van der Waals surface area contributed by atoms with Crippen LogP contribution < -0.4 is 0 Å². The minimum atomic E-state index is -0.672. The number of rotatable bonds is 6. The van der Waals surface area contributed by atoms with Crippen LogP contribution in [0, 0.1) is 5.92 Å². The smallest absolute Gasteiger partial charge is 0.304 e. The summed E-state index contributed by atoms with van der Waals surface area (Å²) in [6, 6.07) is 0.673. The predicted molar refractivity (Wildman–Crippen MR) is 65.0 cm³/mol. The van der Waals surface area contributed by atoms with E-state index in [0.29, 0.717) is 6.04 Å². The SMILES string of the molecule is COCC(C1CC1)N1CCCCC1CC(=O)O. The molecule has 4 heteroatoms. The van der Waals surface area contributed by atoms with Crippen molar-refractivity contribution in [1.29, 1.82) is 0 Å². The summed E-state index contributed by atoms with van der Waals surface area (Å²) in [4.78, 5) is 13.3. The van der Waals surface area contributed by atoms with Gasteiger partial charge in [0.05, 0.1) is 13.0 Å². The lowest BCUT2D eigenvalue weighted by atomic mass is 9.96. The number of carboxylic acids is 1. The van der Waals surface area contributed by atoms with Crippen molar-refractivity contribution in [2.45, 2.75) is 50.6 Å². The number of carbonyl (C=O) groups is 1. The molecule has 1 heterocycles. The summed E-state index contributed by atoms with van der Waals surface area (Å²) in [7, 11) is 1.74. The Labute approximate surface area is 103 Å². The first-order valence-corrected chi connectivity index (χ1v) is 6.69. The molecule has 2 aliphatic rings. The number of ether oxygens (including phenoxy) is 1. The summed E-state index contributed by atoms with van der Waals surface area (Å²) >= 11 is 0. The molecule has 0 aromatic rings. The molecule has 0 bridgehead atoms. The highest BCUT2D eigenvalue weighted by Gasteiger charge is 2.39. The van der Waals surface area contributed by atoms with Gasteiger partial charge < -0.3 is 9.84 Å². The molecule has 98 valence electrons. The molecule has 0 spiro atoms. The van der Waals surface area contributed by atoms with Crippen molar-refractivity contribution >= 4 is 5.97 Å². The van der Waals surface area contributed by atoms with E-state index in [1.165, 1.54) is 25.7 Å². The zero-order valence-electron chi connectivity index (χ0n) is 10.6. The van der Waals surface area contributed by atoms with E-state index < -0.39 is 5.97 Å². The van der Waals surface area contributed by atoms with Gasteiger partial charge in [-0.3, -0.25) is 9.69 Å². The number of likely N-dealkylation sites (tertiary alicyclic amines) is 1. The first kappa shape index (κ1) is 12.8. The molecule has 4 nitrogen and oxygen atoms in total. The topological polar surface area (TPSA) is 49.8 Å². The van der Waals surface area contributed by atoms with Gasteiger partial charge in [0, 0.05) is 19.2 Å². The second-order valence-electron chi connectivity index (χ2n) is 5.35. The van der Waals surface area contributed by atoms with Gasteiger partial charge >= 0.3 is 5.97 Å². The number of nitrogens with zero attached hydrogens (tertiary/aromatic N) is 1. The van der Waals surface area contributed by atoms with Crippen LogP contribution in [0.4, 0.5) is 0 Å². The molecule has 1 aliphatic carbocycles. The summed E-state index contributed by atoms with van der Waals surface area (Å²) in [5.41, 5.74) is 0. The van der Waals surface area contributed by atoms with Crippen molar-refractivity contribution in [3.8, 4) is 0 Å². The highest BCUT2D eigenvalue weighted by molar-refractivity contribution is 5.67. The second-order valence-corrected chi connectivity index (χ2v) is 5.35. The average molecular weight is 241 g/mol. The minimum absolute atomic E-state index is 0.224. The fraction of sp³-hybridized carbons (Fsp3) is 0.923. The van der Waals surface area contributed by atoms with Crippen LogP contribution >= 0.6 is 0 Å². The maximum atomic E-state index is 10.9. The number of piperidine rings is 1.